The Bertz CT molecular complexity index is 532. The summed E-state index contributed by atoms with van der Waals surface area (Å²) in [5.74, 6) is -3.49. The first-order chi connectivity index (χ1) is 8.81. The zero-order valence-corrected chi connectivity index (χ0v) is 11.2. The van der Waals surface area contributed by atoms with Gasteiger partial charge in [0.2, 0.25) is 0 Å². The lowest BCUT2D eigenvalue weighted by atomic mass is 10.1. The highest BCUT2D eigenvalue weighted by Gasteiger charge is 2.24. The van der Waals surface area contributed by atoms with Crippen LogP contribution in [0.1, 0.15) is 16.8 Å². The van der Waals surface area contributed by atoms with Crippen molar-refractivity contribution >= 4 is 39.5 Å². The zero-order chi connectivity index (χ0) is 14.6. The van der Waals surface area contributed by atoms with Gasteiger partial charge in [-0.2, -0.15) is 0 Å². The second-order valence-corrected chi connectivity index (χ2v) is 4.61. The van der Waals surface area contributed by atoms with E-state index >= 15 is 0 Å². The van der Waals surface area contributed by atoms with Gasteiger partial charge in [0.25, 0.3) is 5.91 Å². The monoisotopic (exact) mass is 330 g/mol. The van der Waals surface area contributed by atoms with Gasteiger partial charge >= 0.3 is 11.9 Å². The molecule has 0 fully saturated rings. The lowest BCUT2D eigenvalue weighted by molar-refractivity contribution is -0.145. The van der Waals surface area contributed by atoms with Crippen molar-refractivity contribution in [3.8, 4) is 0 Å². The van der Waals surface area contributed by atoms with Crippen molar-refractivity contribution in [1.82, 2.24) is 5.32 Å². The third-order valence-electron chi connectivity index (χ3n) is 2.24. The Kier molecular flexibility index (Phi) is 4.87. The van der Waals surface area contributed by atoms with Crippen molar-refractivity contribution in [1.29, 1.82) is 0 Å². The van der Waals surface area contributed by atoms with Gasteiger partial charge in [0.05, 0.1) is 12.0 Å². The van der Waals surface area contributed by atoms with Crippen molar-refractivity contribution in [2.75, 3.05) is 5.73 Å². The molecule has 0 saturated heterocycles. The van der Waals surface area contributed by atoms with Crippen LogP contribution in [-0.2, 0) is 9.59 Å². The summed E-state index contributed by atoms with van der Waals surface area (Å²) in [6.45, 7) is 0. The number of halogens is 1. The van der Waals surface area contributed by atoms with Crippen LogP contribution in [0.4, 0.5) is 5.69 Å². The van der Waals surface area contributed by atoms with Gasteiger partial charge in [-0.25, -0.2) is 4.79 Å². The molecule has 0 bridgehead atoms. The highest BCUT2D eigenvalue weighted by Crippen LogP contribution is 2.18. The maximum Gasteiger partial charge on any atom is 0.326 e. The Morgan fingerprint density at radius 1 is 1.32 bits per heavy atom. The minimum atomic E-state index is -1.51. The van der Waals surface area contributed by atoms with Gasteiger partial charge in [0.1, 0.15) is 6.04 Å². The Labute approximate surface area is 116 Å². The van der Waals surface area contributed by atoms with Gasteiger partial charge in [0.15, 0.2) is 0 Å². The lowest BCUT2D eigenvalue weighted by Crippen LogP contribution is -2.42. The topological polar surface area (TPSA) is 130 Å². The molecule has 1 rings (SSSR count). The number of nitrogens with one attached hydrogen (secondary N) is 1. The molecule has 5 N–H and O–H groups in total. The third-order valence-corrected chi connectivity index (χ3v) is 2.74. The van der Waals surface area contributed by atoms with Crippen LogP contribution in [0.5, 0.6) is 0 Å². The average Bonchev–Trinajstić information content (AvgIpc) is 2.30. The first-order valence-corrected chi connectivity index (χ1v) is 5.91. The van der Waals surface area contributed by atoms with E-state index in [4.69, 9.17) is 15.9 Å². The number of hydrogen-bond acceptors (Lipinski definition) is 4. The summed E-state index contributed by atoms with van der Waals surface area (Å²) in [7, 11) is 0. The maximum atomic E-state index is 11.8. The van der Waals surface area contributed by atoms with Crippen molar-refractivity contribution < 1.29 is 24.6 Å². The molecule has 1 aromatic rings. The van der Waals surface area contributed by atoms with E-state index < -0.39 is 30.3 Å². The van der Waals surface area contributed by atoms with Gasteiger partial charge in [-0.1, -0.05) is 15.9 Å². The molecule has 0 aliphatic rings. The second kappa shape index (κ2) is 6.19. The third kappa shape index (κ3) is 4.25. The molecule has 0 radical (unpaired) electrons. The summed E-state index contributed by atoms with van der Waals surface area (Å²) in [6, 6.07) is 3.01. The molecule has 0 aromatic heterocycles. The quantitative estimate of drug-likeness (QED) is 0.587. The molecule has 19 heavy (non-hydrogen) atoms. The predicted molar refractivity (Wildman–Crippen MR) is 69.7 cm³/mol. The first kappa shape index (κ1) is 15.0. The molecule has 102 valence electrons. The summed E-state index contributed by atoms with van der Waals surface area (Å²) in [6.07, 6.45) is -0.713. The largest absolute Gasteiger partial charge is 0.481 e. The molecule has 1 amide bonds. The fraction of sp³-hybridized carbons (Fsp3) is 0.182. The van der Waals surface area contributed by atoms with Crippen LogP contribution < -0.4 is 11.1 Å². The number of carboxylic acid groups (broad SMARTS) is 2. The number of aliphatic carboxylic acids is 2. The zero-order valence-electron chi connectivity index (χ0n) is 9.59. The molecule has 1 aromatic carbocycles. The average molecular weight is 331 g/mol. The Hall–Kier alpha value is -2.09. The number of nitrogens with two attached hydrogens (primary N) is 1. The lowest BCUT2D eigenvalue weighted by Gasteiger charge is -2.13. The summed E-state index contributed by atoms with van der Waals surface area (Å²) >= 11 is 3.15. The highest BCUT2D eigenvalue weighted by molar-refractivity contribution is 9.10. The fourth-order valence-corrected chi connectivity index (χ4v) is 1.70. The Morgan fingerprint density at radius 2 is 1.95 bits per heavy atom. The van der Waals surface area contributed by atoms with Crippen LogP contribution in [-0.4, -0.2) is 34.1 Å². The van der Waals surface area contributed by atoms with E-state index in [9.17, 15) is 14.4 Å². The summed E-state index contributed by atoms with van der Waals surface area (Å²) < 4.78 is 0.594. The van der Waals surface area contributed by atoms with Crippen molar-refractivity contribution in [3.05, 3.63) is 28.2 Å². The minimum absolute atomic E-state index is 0.0750. The van der Waals surface area contributed by atoms with Gasteiger partial charge in [-0.05, 0) is 18.2 Å². The SMILES string of the molecule is Nc1ccc(Br)cc1C(=O)NC(CC(=O)O)C(=O)O. The number of anilines is 1. The number of carboxylic acids is 2. The number of carbonyl (C=O) groups excluding carboxylic acids is 1. The van der Waals surface area contributed by atoms with Gasteiger partial charge in [-0.3, -0.25) is 9.59 Å². The normalized spacial score (nSPS) is 11.6. The first-order valence-electron chi connectivity index (χ1n) is 5.11. The van der Waals surface area contributed by atoms with E-state index in [0.29, 0.717) is 4.47 Å². The Balaban J connectivity index is 2.90. The summed E-state index contributed by atoms with van der Waals surface area (Å²) in [5.41, 5.74) is 5.84. The van der Waals surface area contributed by atoms with E-state index in [0.717, 1.165) is 0 Å². The molecule has 0 aliphatic carbocycles. The highest BCUT2D eigenvalue weighted by atomic mass is 79.9. The molecule has 8 heteroatoms. The number of benzene rings is 1. The van der Waals surface area contributed by atoms with E-state index in [1.165, 1.54) is 12.1 Å². The number of rotatable bonds is 5. The van der Waals surface area contributed by atoms with Crippen LogP contribution in [0.3, 0.4) is 0 Å². The molecule has 1 atom stereocenters. The summed E-state index contributed by atoms with van der Waals surface area (Å²) in [4.78, 5) is 33.2. The predicted octanol–water partition coefficient (Wildman–Crippen LogP) is 0.689. The van der Waals surface area contributed by atoms with Crippen LogP contribution in [0.15, 0.2) is 22.7 Å². The smallest absolute Gasteiger partial charge is 0.326 e. The summed E-state index contributed by atoms with van der Waals surface area (Å²) in [5, 5.41) is 19.5. The van der Waals surface area contributed by atoms with Crippen LogP contribution in [0.25, 0.3) is 0 Å². The van der Waals surface area contributed by atoms with Crippen molar-refractivity contribution in [3.63, 3.8) is 0 Å². The minimum Gasteiger partial charge on any atom is -0.481 e. The maximum absolute atomic E-state index is 11.8. The van der Waals surface area contributed by atoms with Gasteiger partial charge in [0, 0.05) is 10.2 Å². The molecule has 0 spiro atoms. The number of nitrogen functional groups attached to an aromatic ring is 1. The molecular weight excluding hydrogens is 320 g/mol. The van der Waals surface area contributed by atoms with E-state index in [1.807, 2.05) is 0 Å². The van der Waals surface area contributed by atoms with Gasteiger partial charge < -0.3 is 21.3 Å². The van der Waals surface area contributed by atoms with Crippen molar-refractivity contribution in [2.45, 2.75) is 12.5 Å². The van der Waals surface area contributed by atoms with Crippen LogP contribution >= 0.6 is 15.9 Å². The van der Waals surface area contributed by atoms with Crippen LogP contribution in [0, 0.1) is 0 Å². The number of amides is 1. The van der Waals surface area contributed by atoms with E-state index in [1.54, 1.807) is 6.07 Å². The molecule has 7 nitrogen and oxygen atoms in total. The second-order valence-electron chi connectivity index (χ2n) is 3.69. The molecule has 0 aliphatic heterocycles. The standard InChI is InChI=1S/C11H11BrN2O5/c12-5-1-2-7(13)6(3-5)10(17)14-8(11(18)19)4-9(15)16/h1-3,8H,4,13H2,(H,14,17)(H,15,16)(H,18,19). The molecular formula is C11H11BrN2O5. The van der Waals surface area contributed by atoms with Gasteiger partial charge in [-0.15, -0.1) is 0 Å². The molecule has 0 heterocycles. The van der Waals surface area contributed by atoms with Crippen molar-refractivity contribution in [2.24, 2.45) is 0 Å². The van der Waals surface area contributed by atoms with E-state index in [2.05, 4.69) is 21.2 Å². The Morgan fingerprint density at radius 3 is 2.47 bits per heavy atom. The van der Waals surface area contributed by atoms with Crippen LogP contribution in [0.2, 0.25) is 0 Å². The van der Waals surface area contributed by atoms with E-state index in [-0.39, 0.29) is 11.3 Å². The molecule has 1 unspecified atom stereocenters. The molecule has 0 saturated carbocycles. The number of carbonyl (C=O) groups is 3. The number of hydrogen-bond donors (Lipinski definition) is 4. The fourth-order valence-electron chi connectivity index (χ4n) is 1.34.